The number of aliphatic hydroxyl groups is 1. The number of fused-ring (bicyclic) bond motifs is 6. The van der Waals surface area contributed by atoms with Crippen molar-refractivity contribution in [2.24, 2.45) is 23.2 Å². The van der Waals surface area contributed by atoms with Crippen LogP contribution in [0.15, 0.2) is 48.6 Å². The molecule has 5 aliphatic heterocycles. The zero-order chi connectivity index (χ0) is 42.5. The molecule has 1 aromatic heterocycles. The van der Waals surface area contributed by atoms with E-state index >= 15 is 4.79 Å². The molecule has 2 bridgehead atoms. The zero-order valence-electron chi connectivity index (χ0n) is 35.7. The molecule has 2 N–H and O–H groups in total. The molecule has 1 spiro atoms. The van der Waals surface area contributed by atoms with Gasteiger partial charge in [-0.05, 0) is 67.3 Å². The van der Waals surface area contributed by atoms with Crippen LogP contribution in [0.4, 0.5) is 5.69 Å². The number of anilines is 1. The van der Waals surface area contributed by atoms with Gasteiger partial charge in [-0.3, -0.25) is 14.5 Å². The second-order valence-electron chi connectivity index (χ2n) is 18.2. The quantitative estimate of drug-likeness (QED) is 0.194. The highest BCUT2D eigenvalue weighted by molar-refractivity contribution is 5.95. The number of esters is 3. The molecular weight excluding hydrogens is 763 g/mol. The Morgan fingerprint density at radius 3 is 2.47 bits per heavy atom. The lowest BCUT2D eigenvalue weighted by molar-refractivity contribution is -0.228. The van der Waals surface area contributed by atoms with Crippen LogP contribution in [0.2, 0.25) is 0 Å². The third-order valence-corrected chi connectivity index (χ3v) is 15.9. The molecule has 1 saturated carbocycles. The third-order valence-electron chi connectivity index (χ3n) is 15.9. The molecular formula is C47H57N5O8. The normalized spacial score (nSPS) is 36.4. The number of aromatic amines is 1. The van der Waals surface area contributed by atoms with E-state index in [1.54, 1.807) is 7.11 Å². The molecule has 9 rings (SSSR count). The smallest absolute Gasteiger partial charge is 0.344 e. The number of likely N-dealkylation sites (N-methyl/N-ethyl adjacent to an activating group) is 1. The van der Waals surface area contributed by atoms with Crippen molar-refractivity contribution in [1.29, 1.82) is 5.26 Å². The van der Waals surface area contributed by atoms with E-state index < -0.39 is 51.9 Å². The first-order valence-electron chi connectivity index (χ1n) is 21.5. The van der Waals surface area contributed by atoms with Gasteiger partial charge in [-0.15, -0.1) is 0 Å². The summed E-state index contributed by atoms with van der Waals surface area (Å²) in [6, 6.07) is 13.6. The molecule has 2 saturated heterocycles. The molecule has 1 aliphatic carbocycles. The first-order chi connectivity index (χ1) is 28.9. The Morgan fingerprint density at radius 2 is 1.78 bits per heavy atom. The average molecular weight is 820 g/mol. The fourth-order valence-electron chi connectivity index (χ4n) is 13.7. The molecule has 60 heavy (non-hydrogen) atoms. The van der Waals surface area contributed by atoms with Crippen LogP contribution in [-0.2, 0) is 45.8 Å². The Bertz CT molecular complexity index is 2340. The zero-order valence-corrected chi connectivity index (χ0v) is 35.7. The highest BCUT2D eigenvalue weighted by atomic mass is 16.6. The number of ether oxygens (including phenoxy) is 4. The second-order valence-corrected chi connectivity index (χ2v) is 18.2. The minimum atomic E-state index is -2.31. The van der Waals surface area contributed by atoms with Crippen molar-refractivity contribution in [3.05, 3.63) is 70.9 Å². The van der Waals surface area contributed by atoms with Crippen LogP contribution in [-0.4, -0.2) is 123 Å². The van der Waals surface area contributed by atoms with E-state index in [0.717, 1.165) is 52.9 Å². The average Bonchev–Trinajstić information content (AvgIpc) is 3.92. The summed E-state index contributed by atoms with van der Waals surface area (Å²) in [7, 11) is 6.14. The number of para-hydroxylation sites is 1. The monoisotopic (exact) mass is 819 g/mol. The molecule has 0 radical (unpaired) electrons. The highest BCUT2D eigenvalue weighted by Crippen LogP contribution is 2.68. The lowest BCUT2D eigenvalue weighted by atomic mass is 9.47. The first-order valence-corrected chi connectivity index (χ1v) is 21.5. The third kappa shape index (κ3) is 5.10. The summed E-state index contributed by atoms with van der Waals surface area (Å²) in [4.78, 5) is 53.4. The van der Waals surface area contributed by atoms with Gasteiger partial charge in [0, 0.05) is 90.9 Å². The first kappa shape index (κ1) is 40.5. The number of nitrogens with zero attached hydrogens (tertiary/aromatic N) is 4. The van der Waals surface area contributed by atoms with Gasteiger partial charge in [-0.2, -0.15) is 5.26 Å². The van der Waals surface area contributed by atoms with E-state index in [-0.39, 0.29) is 30.2 Å². The number of benzene rings is 2. The number of nitriles is 1. The number of carbonyl (C=O) groups is 3. The van der Waals surface area contributed by atoms with Crippen LogP contribution in [0.5, 0.6) is 5.75 Å². The number of H-pyrrole nitrogens is 1. The topological polar surface area (TPSA) is 158 Å². The van der Waals surface area contributed by atoms with Gasteiger partial charge in [-0.25, -0.2) is 4.79 Å². The van der Waals surface area contributed by atoms with Gasteiger partial charge < -0.3 is 38.8 Å². The molecule has 1 unspecified atom stereocenters. The SMILES string of the molecule is CC[C@@H]1CN2CCc3c([nH]c4ccccc34)[C@@](C(=O)OC)(c3cc4c(cc3OC)N(C)[C@H]3[C@@](O)(C(=O)OC)[C@H](OC(C)=O)[C@]5(CC)C=CCN6CC[C@]43[C@@H]65)C[C@H](C2)[C@@H]1C#N. The Hall–Kier alpha value is -4.90. The predicted octanol–water partition coefficient (Wildman–Crippen LogP) is 4.63. The summed E-state index contributed by atoms with van der Waals surface area (Å²) in [5.74, 6) is -1.88. The second kappa shape index (κ2) is 14.4. The Labute approximate surface area is 351 Å². The number of methoxy groups -OCH3 is 3. The van der Waals surface area contributed by atoms with Gasteiger partial charge in [0.1, 0.15) is 11.2 Å². The fraction of sp³-hybridized carbons (Fsp3) is 0.574. The molecule has 3 fully saturated rings. The standard InChI is InChI=1S/C47H57N5O8/c1-8-28-25-51-19-15-31-30-13-10-11-14-35(30)49-38(31)46(42(54)58-6,23-29(26-51)32(28)24-48)34-21-33-36(22-37(34)57-5)50(4)40-45(33)17-20-52-18-12-16-44(9-2,39(45)52)41(60-27(3)53)47(40,56)43(55)59-7/h10-14,16,21-22,28-29,32,39-41,49,56H,8-9,15,17-20,23,25-26H2,1-7H3/t28-,29-,32-,39+,40-,41-,44-,45-,46+,47+/m1/s1. The van der Waals surface area contributed by atoms with Crippen LogP contribution >= 0.6 is 0 Å². The number of piperidine rings is 1. The molecule has 6 heterocycles. The van der Waals surface area contributed by atoms with E-state index in [2.05, 4.69) is 46.0 Å². The number of hydrogen-bond acceptors (Lipinski definition) is 12. The minimum Gasteiger partial charge on any atom is -0.496 e. The van der Waals surface area contributed by atoms with E-state index in [1.807, 2.05) is 49.2 Å². The predicted molar refractivity (Wildman–Crippen MR) is 223 cm³/mol. The molecule has 2 aromatic carbocycles. The van der Waals surface area contributed by atoms with Crippen LogP contribution < -0.4 is 9.64 Å². The number of hydrogen-bond donors (Lipinski definition) is 2. The van der Waals surface area contributed by atoms with Gasteiger partial charge in [-0.1, -0.05) is 50.6 Å². The van der Waals surface area contributed by atoms with E-state index in [9.17, 15) is 20.0 Å². The maximum atomic E-state index is 15.4. The van der Waals surface area contributed by atoms with Crippen molar-refractivity contribution in [1.82, 2.24) is 14.8 Å². The maximum absolute atomic E-state index is 15.4. The van der Waals surface area contributed by atoms with E-state index in [0.29, 0.717) is 50.2 Å². The highest BCUT2D eigenvalue weighted by Gasteiger charge is 2.80. The van der Waals surface area contributed by atoms with Crippen molar-refractivity contribution in [2.45, 2.75) is 87.5 Å². The van der Waals surface area contributed by atoms with Crippen molar-refractivity contribution in [3.63, 3.8) is 0 Å². The van der Waals surface area contributed by atoms with E-state index in [1.165, 1.54) is 21.1 Å². The fourth-order valence-corrected chi connectivity index (χ4v) is 13.7. The van der Waals surface area contributed by atoms with Crippen molar-refractivity contribution in [3.8, 4) is 11.8 Å². The summed E-state index contributed by atoms with van der Waals surface area (Å²) in [5.41, 5.74) is -0.838. The molecule has 3 aromatic rings. The summed E-state index contributed by atoms with van der Waals surface area (Å²) < 4.78 is 24.0. The van der Waals surface area contributed by atoms with Crippen molar-refractivity contribution < 1.29 is 38.4 Å². The number of carbonyl (C=O) groups excluding carboxylic acids is 3. The van der Waals surface area contributed by atoms with Crippen molar-refractivity contribution in [2.75, 3.05) is 66.0 Å². The summed E-state index contributed by atoms with van der Waals surface area (Å²) in [6.07, 6.45) is 5.64. The number of rotatable bonds is 7. The maximum Gasteiger partial charge on any atom is 0.344 e. The molecule has 318 valence electrons. The number of nitrogens with one attached hydrogen (secondary N) is 1. The lowest BCUT2D eigenvalue weighted by Crippen LogP contribution is -2.81. The van der Waals surface area contributed by atoms with E-state index in [4.69, 9.17) is 18.9 Å². The largest absolute Gasteiger partial charge is 0.496 e. The molecule has 13 nitrogen and oxygen atoms in total. The van der Waals surface area contributed by atoms with Crippen LogP contribution in [0.1, 0.15) is 68.8 Å². The van der Waals surface area contributed by atoms with Crippen LogP contribution in [0, 0.1) is 34.5 Å². The minimum absolute atomic E-state index is 0.127. The van der Waals surface area contributed by atoms with Crippen molar-refractivity contribution >= 4 is 34.5 Å². The summed E-state index contributed by atoms with van der Waals surface area (Å²) in [6.45, 7) is 9.00. The van der Waals surface area contributed by atoms with Crippen LogP contribution in [0.3, 0.4) is 0 Å². The summed E-state index contributed by atoms with van der Waals surface area (Å²) >= 11 is 0. The van der Waals surface area contributed by atoms with Gasteiger partial charge >= 0.3 is 17.9 Å². The number of aromatic nitrogens is 1. The molecule has 6 aliphatic rings. The molecule has 13 heteroatoms. The molecule has 0 amide bonds. The van der Waals surface area contributed by atoms with Gasteiger partial charge in [0.25, 0.3) is 0 Å². The van der Waals surface area contributed by atoms with Gasteiger partial charge in [0.15, 0.2) is 6.10 Å². The summed E-state index contributed by atoms with van der Waals surface area (Å²) in [5, 5.41) is 25.2. The molecule has 11 atom stereocenters. The van der Waals surface area contributed by atoms with Gasteiger partial charge in [0.2, 0.25) is 5.60 Å². The lowest BCUT2D eigenvalue weighted by Gasteiger charge is -2.63. The Morgan fingerprint density at radius 1 is 1.02 bits per heavy atom. The Kier molecular flexibility index (Phi) is 9.69. The Balaban J connectivity index is 1.37. The van der Waals surface area contributed by atoms with Crippen LogP contribution in [0.25, 0.3) is 10.9 Å². The van der Waals surface area contributed by atoms with Gasteiger partial charge in [0.05, 0.1) is 39.4 Å².